The normalized spacial score (nSPS) is 19.8. The molecule has 0 radical (unpaired) electrons. The van der Waals surface area contributed by atoms with E-state index in [1.54, 1.807) is 23.2 Å². The summed E-state index contributed by atoms with van der Waals surface area (Å²) in [5.74, 6) is -0.0457. The van der Waals surface area contributed by atoms with Gasteiger partial charge in [-0.2, -0.15) is 0 Å². The second kappa shape index (κ2) is 4.59. The maximum atomic E-state index is 12.5. The Hall–Kier alpha value is -2.01. The predicted octanol–water partition coefficient (Wildman–Crippen LogP) is 1.35. The smallest absolute Gasteiger partial charge is 0.256 e. The van der Waals surface area contributed by atoms with Gasteiger partial charge in [0.15, 0.2) is 0 Å². The summed E-state index contributed by atoms with van der Waals surface area (Å²) in [6, 6.07) is 5.48. The number of aromatic nitrogens is 1. The van der Waals surface area contributed by atoms with Gasteiger partial charge in [0.25, 0.3) is 5.91 Å². The van der Waals surface area contributed by atoms with Crippen molar-refractivity contribution in [1.82, 2.24) is 9.88 Å². The molecule has 1 saturated heterocycles. The number of carbonyl (C=O) groups excluding carboxylic acids is 1. The number of carbonyl (C=O) groups is 1. The van der Waals surface area contributed by atoms with Gasteiger partial charge in [0, 0.05) is 35.9 Å². The van der Waals surface area contributed by atoms with Gasteiger partial charge in [-0.25, -0.2) is 0 Å². The minimum absolute atomic E-state index is 0.0457. The molecule has 1 fully saturated rings. The SMILES string of the molecule is Nc1ccc2[nH]cc(C(=O)N3CCCC(O)C3)c2c1. The zero-order chi connectivity index (χ0) is 13.4. The largest absolute Gasteiger partial charge is 0.399 e. The lowest BCUT2D eigenvalue weighted by atomic mass is 10.1. The molecule has 4 N–H and O–H groups in total. The van der Waals surface area contributed by atoms with E-state index in [0.717, 1.165) is 23.7 Å². The quantitative estimate of drug-likeness (QED) is 0.676. The molecule has 1 unspecified atom stereocenters. The zero-order valence-corrected chi connectivity index (χ0v) is 10.6. The third-order valence-electron chi connectivity index (χ3n) is 3.62. The van der Waals surface area contributed by atoms with Crippen molar-refractivity contribution in [2.75, 3.05) is 18.8 Å². The molecule has 19 heavy (non-hydrogen) atoms. The Morgan fingerprint density at radius 3 is 3.11 bits per heavy atom. The standard InChI is InChI=1S/C14H17N3O2/c15-9-3-4-13-11(6-9)12(7-16-13)14(19)17-5-1-2-10(18)8-17/h3-4,6-7,10,16,18H,1-2,5,8,15H2. The van der Waals surface area contributed by atoms with Crippen LogP contribution in [0.4, 0.5) is 5.69 Å². The van der Waals surface area contributed by atoms with E-state index in [-0.39, 0.29) is 5.91 Å². The number of nitrogen functional groups attached to an aromatic ring is 1. The lowest BCUT2D eigenvalue weighted by Gasteiger charge is -2.30. The van der Waals surface area contributed by atoms with Crippen molar-refractivity contribution >= 4 is 22.5 Å². The van der Waals surface area contributed by atoms with Gasteiger partial charge in [0.05, 0.1) is 11.7 Å². The lowest BCUT2D eigenvalue weighted by molar-refractivity contribution is 0.0475. The number of anilines is 1. The highest BCUT2D eigenvalue weighted by Gasteiger charge is 2.24. The number of nitrogens with zero attached hydrogens (tertiary/aromatic N) is 1. The first-order chi connectivity index (χ1) is 9.15. The summed E-state index contributed by atoms with van der Waals surface area (Å²) >= 11 is 0. The van der Waals surface area contributed by atoms with Gasteiger partial charge in [-0.15, -0.1) is 0 Å². The summed E-state index contributed by atoms with van der Waals surface area (Å²) in [5.41, 5.74) is 7.93. The number of piperidine rings is 1. The second-order valence-corrected chi connectivity index (χ2v) is 5.05. The highest BCUT2D eigenvalue weighted by molar-refractivity contribution is 6.07. The van der Waals surface area contributed by atoms with E-state index in [9.17, 15) is 9.90 Å². The minimum Gasteiger partial charge on any atom is -0.399 e. The third-order valence-corrected chi connectivity index (χ3v) is 3.62. The van der Waals surface area contributed by atoms with Crippen LogP contribution in [0.2, 0.25) is 0 Å². The van der Waals surface area contributed by atoms with Gasteiger partial charge < -0.3 is 20.7 Å². The number of β-amino-alcohol motifs (C(OH)–C–C–N with tert-alkyl or cyclic N) is 1. The van der Waals surface area contributed by atoms with Crippen LogP contribution in [0, 0.1) is 0 Å². The third kappa shape index (κ3) is 2.17. The van der Waals surface area contributed by atoms with Crippen molar-refractivity contribution in [3.63, 3.8) is 0 Å². The van der Waals surface area contributed by atoms with Crippen LogP contribution in [0.25, 0.3) is 10.9 Å². The van der Waals surface area contributed by atoms with Gasteiger partial charge >= 0.3 is 0 Å². The number of amides is 1. The van der Waals surface area contributed by atoms with Crippen LogP contribution in [-0.2, 0) is 0 Å². The molecule has 5 nitrogen and oxygen atoms in total. The summed E-state index contributed by atoms with van der Waals surface area (Å²) < 4.78 is 0. The van der Waals surface area contributed by atoms with E-state index < -0.39 is 6.10 Å². The van der Waals surface area contributed by atoms with E-state index in [1.165, 1.54) is 0 Å². The fourth-order valence-corrected chi connectivity index (χ4v) is 2.62. The molecule has 0 saturated carbocycles. The molecule has 1 aliphatic heterocycles. The molecule has 0 spiro atoms. The average Bonchev–Trinajstić information content (AvgIpc) is 2.80. The summed E-state index contributed by atoms with van der Waals surface area (Å²) in [6.45, 7) is 1.11. The number of hydrogen-bond donors (Lipinski definition) is 3. The number of aliphatic hydroxyl groups excluding tert-OH is 1. The molecule has 5 heteroatoms. The van der Waals surface area contributed by atoms with Crippen molar-refractivity contribution in [2.24, 2.45) is 0 Å². The topological polar surface area (TPSA) is 82.4 Å². The monoisotopic (exact) mass is 259 g/mol. The molecule has 2 heterocycles. The lowest BCUT2D eigenvalue weighted by Crippen LogP contribution is -2.42. The molecule has 0 bridgehead atoms. The van der Waals surface area contributed by atoms with Crippen molar-refractivity contribution in [3.05, 3.63) is 30.0 Å². The van der Waals surface area contributed by atoms with Crippen LogP contribution in [0.3, 0.4) is 0 Å². The molecule has 3 rings (SSSR count). The number of fused-ring (bicyclic) bond motifs is 1. The number of benzene rings is 1. The van der Waals surface area contributed by atoms with Crippen molar-refractivity contribution in [1.29, 1.82) is 0 Å². The van der Waals surface area contributed by atoms with Gasteiger partial charge in [0.2, 0.25) is 0 Å². The molecule has 100 valence electrons. The maximum Gasteiger partial charge on any atom is 0.256 e. The number of aliphatic hydroxyl groups is 1. The van der Waals surface area contributed by atoms with Crippen molar-refractivity contribution in [3.8, 4) is 0 Å². The first kappa shape index (κ1) is 12.0. The minimum atomic E-state index is -0.409. The molecule has 1 aromatic heterocycles. The number of nitrogens with two attached hydrogens (primary N) is 1. The van der Waals surface area contributed by atoms with E-state index >= 15 is 0 Å². The molecule has 1 amide bonds. The molecular formula is C14H17N3O2. The Balaban J connectivity index is 1.95. The van der Waals surface area contributed by atoms with E-state index in [2.05, 4.69) is 4.98 Å². The number of hydrogen-bond acceptors (Lipinski definition) is 3. The van der Waals surface area contributed by atoms with Gasteiger partial charge in [0.1, 0.15) is 0 Å². The summed E-state index contributed by atoms with van der Waals surface area (Å²) in [6.07, 6.45) is 2.92. The van der Waals surface area contributed by atoms with Gasteiger partial charge in [-0.1, -0.05) is 0 Å². The highest BCUT2D eigenvalue weighted by atomic mass is 16.3. The zero-order valence-electron chi connectivity index (χ0n) is 10.6. The number of likely N-dealkylation sites (tertiary alicyclic amines) is 1. The highest BCUT2D eigenvalue weighted by Crippen LogP contribution is 2.23. The fourth-order valence-electron chi connectivity index (χ4n) is 2.62. The second-order valence-electron chi connectivity index (χ2n) is 5.05. The van der Waals surface area contributed by atoms with Crippen molar-refractivity contribution < 1.29 is 9.90 Å². The van der Waals surface area contributed by atoms with Crippen LogP contribution in [0.5, 0.6) is 0 Å². The van der Waals surface area contributed by atoms with E-state index in [4.69, 9.17) is 5.73 Å². The summed E-state index contributed by atoms with van der Waals surface area (Å²) in [5, 5.41) is 10.5. The Morgan fingerprint density at radius 1 is 1.47 bits per heavy atom. The van der Waals surface area contributed by atoms with Crippen LogP contribution < -0.4 is 5.73 Å². The average molecular weight is 259 g/mol. The first-order valence-corrected chi connectivity index (χ1v) is 6.49. The summed E-state index contributed by atoms with van der Waals surface area (Å²) in [7, 11) is 0. The predicted molar refractivity (Wildman–Crippen MR) is 73.9 cm³/mol. The Labute approximate surface area is 111 Å². The number of H-pyrrole nitrogens is 1. The van der Waals surface area contributed by atoms with Crippen LogP contribution in [0.1, 0.15) is 23.2 Å². The van der Waals surface area contributed by atoms with Crippen molar-refractivity contribution in [2.45, 2.75) is 18.9 Å². The van der Waals surface area contributed by atoms with Gasteiger partial charge in [-0.05, 0) is 31.0 Å². The molecule has 1 atom stereocenters. The molecule has 1 aromatic carbocycles. The van der Waals surface area contributed by atoms with E-state index in [1.807, 2.05) is 6.07 Å². The summed E-state index contributed by atoms with van der Waals surface area (Å²) in [4.78, 5) is 17.3. The molecule has 0 aliphatic carbocycles. The fraction of sp³-hybridized carbons (Fsp3) is 0.357. The number of rotatable bonds is 1. The Kier molecular flexibility index (Phi) is 2.91. The Morgan fingerprint density at radius 2 is 2.32 bits per heavy atom. The molecule has 1 aliphatic rings. The van der Waals surface area contributed by atoms with Crippen LogP contribution >= 0.6 is 0 Å². The molecular weight excluding hydrogens is 242 g/mol. The maximum absolute atomic E-state index is 12.5. The molecule has 2 aromatic rings. The first-order valence-electron chi connectivity index (χ1n) is 6.49. The Bertz CT molecular complexity index is 620. The number of aromatic amines is 1. The van der Waals surface area contributed by atoms with E-state index in [0.29, 0.717) is 24.3 Å². The van der Waals surface area contributed by atoms with Crippen LogP contribution in [0.15, 0.2) is 24.4 Å². The van der Waals surface area contributed by atoms with Gasteiger partial charge in [-0.3, -0.25) is 4.79 Å². The van der Waals surface area contributed by atoms with Crippen LogP contribution in [-0.4, -0.2) is 40.1 Å². The number of nitrogens with one attached hydrogen (secondary N) is 1.